The van der Waals surface area contributed by atoms with Crippen LogP contribution in [0.3, 0.4) is 0 Å². The smallest absolute Gasteiger partial charge is 0.215 e. The molecule has 0 bridgehead atoms. The Labute approximate surface area is 116 Å². The van der Waals surface area contributed by atoms with Crippen LogP contribution in [0.5, 0.6) is 0 Å². The van der Waals surface area contributed by atoms with Crippen LogP contribution >= 0.6 is 0 Å². The summed E-state index contributed by atoms with van der Waals surface area (Å²) in [6, 6.07) is 1.50. The fraction of sp³-hybridized carbons (Fsp3) is 0.923. The first-order valence-corrected chi connectivity index (χ1v) is 8.61. The Morgan fingerprint density at radius 3 is 2.47 bits per heavy atom. The summed E-state index contributed by atoms with van der Waals surface area (Å²) in [6.45, 7) is 3.89. The van der Waals surface area contributed by atoms with Crippen LogP contribution in [0.25, 0.3) is 0 Å². The maximum absolute atomic E-state index is 11.9. The summed E-state index contributed by atoms with van der Waals surface area (Å²) >= 11 is 0. The van der Waals surface area contributed by atoms with Crippen LogP contribution in [0.15, 0.2) is 0 Å². The number of nitrogens with zero attached hydrogens (tertiary/aromatic N) is 1. The zero-order valence-corrected chi connectivity index (χ0v) is 12.6. The topological polar surface area (TPSA) is 79.2 Å². The van der Waals surface area contributed by atoms with Gasteiger partial charge >= 0.3 is 0 Å². The molecule has 5 nitrogen and oxygen atoms in total. The summed E-state index contributed by atoms with van der Waals surface area (Å²) in [4.78, 5) is 0. The molecule has 1 N–H and O–H groups in total. The molecular weight excluding hydrogens is 264 g/mol. The molecule has 0 aromatic heterocycles. The van der Waals surface area contributed by atoms with E-state index in [1.807, 2.05) is 13.8 Å². The molecule has 1 unspecified atom stereocenters. The molecule has 0 spiro atoms. The standard InChI is InChI=1S/C13H24N2O3S/c1-11(2)18-8-9-19(16,17)15-13(10-14)12-6-4-3-5-7-12/h11-13,15H,3-9H2,1-2H3. The van der Waals surface area contributed by atoms with E-state index >= 15 is 0 Å². The van der Waals surface area contributed by atoms with E-state index in [0.717, 1.165) is 25.7 Å². The maximum atomic E-state index is 11.9. The third-order valence-corrected chi connectivity index (χ3v) is 4.69. The van der Waals surface area contributed by atoms with Gasteiger partial charge in [0, 0.05) is 0 Å². The molecule has 6 heteroatoms. The summed E-state index contributed by atoms with van der Waals surface area (Å²) in [5, 5.41) is 9.15. The largest absolute Gasteiger partial charge is 0.378 e. The van der Waals surface area contributed by atoms with Gasteiger partial charge in [-0.2, -0.15) is 9.98 Å². The molecule has 0 heterocycles. The van der Waals surface area contributed by atoms with Gasteiger partial charge in [-0.1, -0.05) is 19.3 Å². The molecule has 0 aliphatic heterocycles. The van der Waals surface area contributed by atoms with Crippen LogP contribution in [-0.4, -0.2) is 32.9 Å². The molecular formula is C13H24N2O3S. The Hall–Kier alpha value is -0.640. The quantitative estimate of drug-likeness (QED) is 0.774. The van der Waals surface area contributed by atoms with Crippen LogP contribution < -0.4 is 4.72 Å². The van der Waals surface area contributed by atoms with Crippen molar-refractivity contribution >= 4 is 10.0 Å². The average Bonchev–Trinajstić information content (AvgIpc) is 2.36. The van der Waals surface area contributed by atoms with E-state index in [1.54, 1.807) is 0 Å². The van der Waals surface area contributed by atoms with Gasteiger partial charge in [-0.3, -0.25) is 0 Å². The Morgan fingerprint density at radius 2 is 1.95 bits per heavy atom. The number of hydrogen-bond donors (Lipinski definition) is 1. The van der Waals surface area contributed by atoms with Gasteiger partial charge in [-0.15, -0.1) is 0 Å². The van der Waals surface area contributed by atoms with Crippen LogP contribution in [0.4, 0.5) is 0 Å². The van der Waals surface area contributed by atoms with Crippen molar-refractivity contribution in [1.82, 2.24) is 4.72 Å². The Balaban J connectivity index is 2.47. The van der Waals surface area contributed by atoms with E-state index in [-0.39, 0.29) is 24.4 Å². The van der Waals surface area contributed by atoms with Crippen molar-refractivity contribution in [2.75, 3.05) is 12.4 Å². The van der Waals surface area contributed by atoms with E-state index in [4.69, 9.17) is 10.00 Å². The lowest BCUT2D eigenvalue weighted by Crippen LogP contribution is -2.41. The third kappa shape index (κ3) is 6.37. The first-order chi connectivity index (χ1) is 8.94. The first kappa shape index (κ1) is 16.4. The second-order valence-corrected chi connectivity index (χ2v) is 7.23. The average molecular weight is 288 g/mol. The Bertz CT molecular complexity index is 395. The van der Waals surface area contributed by atoms with E-state index in [1.165, 1.54) is 6.42 Å². The molecule has 1 aliphatic carbocycles. The number of nitrogens with one attached hydrogen (secondary N) is 1. The molecule has 0 amide bonds. The van der Waals surface area contributed by atoms with Gasteiger partial charge in [0.25, 0.3) is 0 Å². The highest BCUT2D eigenvalue weighted by Crippen LogP contribution is 2.26. The minimum Gasteiger partial charge on any atom is -0.378 e. The highest BCUT2D eigenvalue weighted by molar-refractivity contribution is 7.89. The summed E-state index contributed by atoms with van der Waals surface area (Å²) < 4.78 is 31.5. The van der Waals surface area contributed by atoms with Crippen molar-refractivity contribution in [2.45, 2.75) is 58.1 Å². The maximum Gasteiger partial charge on any atom is 0.215 e. The van der Waals surface area contributed by atoms with Gasteiger partial charge in [-0.25, -0.2) is 8.42 Å². The fourth-order valence-electron chi connectivity index (χ4n) is 2.34. The van der Waals surface area contributed by atoms with Crippen LogP contribution in [-0.2, 0) is 14.8 Å². The zero-order chi connectivity index (χ0) is 14.3. The summed E-state index contributed by atoms with van der Waals surface area (Å²) in [7, 11) is -3.44. The van der Waals surface area contributed by atoms with Crippen molar-refractivity contribution in [1.29, 1.82) is 5.26 Å². The second kappa shape index (κ2) is 7.83. The van der Waals surface area contributed by atoms with Gasteiger partial charge in [-0.05, 0) is 32.6 Å². The summed E-state index contributed by atoms with van der Waals surface area (Å²) in [6.07, 6.45) is 5.23. The molecule has 110 valence electrons. The van der Waals surface area contributed by atoms with Gasteiger partial charge in [0.1, 0.15) is 6.04 Å². The minimum absolute atomic E-state index is 0.0142. The van der Waals surface area contributed by atoms with Crippen molar-refractivity contribution in [3.8, 4) is 6.07 Å². The highest BCUT2D eigenvalue weighted by Gasteiger charge is 2.27. The molecule has 19 heavy (non-hydrogen) atoms. The fourth-order valence-corrected chi connectivity index (χ4v) is 3.41. The first-order valence-electron chi connectivity index (χ1n) is 6.96. The molecule has 1 aliphatic rings. The second-order valence-electron chi connectivity index (χ2n) is 5.36. The molecule has 1 fully saturated rings. The van der Waals surface area contributed by atoms with Gasteiger partial charge < -0.3 is 4.74 Å². The van der Waals surface area contributed by atoms with E-state index in [9.17, 15) is 8.42 Å². The Kier molecular flexibility index (Phi) is 6.76. The molecule has 0 radical (unpaired) electrons. The molecule has 0 aromatic rings. The van der Waals surface area contributed by atoms with Gasteiger partial charge in [0.2, 0.25) is 10.0 Å². The molecule has 1 saturated carbocycles. The Morgan fingerprint density at radius 1 is 1.32 bits per heavy atom. The van der Waals surface area contributed by atoms with Gasteiger partial charge in [0.05, 0.1) is 24.5 Å². The van der Waals surface area contributed by atoms with E-state index in [2.05, 4.69) is 10.8 Å². The van der Waals surface area contributed by atoms with Crippen LogP contribution in [0.1, 0.15) is 46.0 Å². The predicted molar refractivity (Wildman–Crippen MR) is 74.0 cm³/mol. The predicted octanol–water partition coefficient (Wildman–Crippen LogP) is 1.80. The summed E-state index contributed by atoms with van der Waals surface area (Å²) in [5.41, 5.74) is 0. The zero-order valence-electron chi connectivity index (χ0n) is 11.8. The van der Waals surface area contributed by atoms with Crippen molar-refractivity contribution in [3.05, 3.63) is 0 Å². The van der Waals surface area contributed by atoms with Gasteiger partial charge in [0.15, 0.2) is 0 Å². The number of ether oxygens (including phenoxy) is 1. The normalized spacial score (nSPS) is 19.3. The monoisotopic (exact) mass is 288 g/mol. The van der Waals surface area contributed by atoms with E-state index < -0.39 is 16.1 Å². The molecule has 1 rings (SSSR count). The SMILES string of the molecule is CC(C)OCCS(=O)(=O)NC(C#N)C1CCCCC1. The molecule has 0 aromatic carbocycles. The van der Waals surface area contributed by atoms with Crippen molar-refractivity contribution in [2.24, 2.45) is 5.92 Å². The third-order valence-electron chi connectivity index (χ3n) is 3.37. The number of sulfonamides is 1. The van der Waals surface area contributed by atoms with Crippen LogP contribution in [0.2, 0.25) is 0 Å². The number of rotatable bonds is 7. The van der Waals surface area contributed by atoms with Crippen molar-refractivity contribution < 1.29 is 13.2 Å². The number of hydrogen-bond acceptors (Lipinski definition) is 4. The molecule has 0 saturated heterocycles. The van der Waals surface area contributed by atoms with Crippen molar-refractivity contribution in [3.63, 3.8) is 0 Å². The molecule has 1 atom stereocenters. The minimum atomic E-state index is -3.44. The lowest BCUT2D eigenvalue weighted by Gasteiger charge is -2.26. The van der Waals surface area contributed by atoms with Crippen LogP contribution in [0, 0.1) is 17.2 Å². The lowest BCUT2D eigenvalue weighted by atomic mass is 9.85. The van der Waals surface area contributed by atoms with E-state index in [0.29, 0.717) is 0 Å². The highest BCUT2D eigenvalue weighted by atomic mass is 32.2. The number of nitriles is 1. The summed E-state index contributed by atoms with van der Waals surface area (Å²) in [5.74, 6) is 0.0651. The lowest BCUT2D eigenvalue weighted by molar-refractivity contribution is 0.0911.